The van der Waals surface area contributed by atoms with E-state index in [-0.39, 0.29) is 12.4 Å². The molecule has 5 nitrogen and oxygen atoms in total. The van der Waals surface area contributed by atoms with Crippen molar-refractivity contribution < 1.29 is 4.74 Å². The molecule has 1 N–H and O–H groups in total. The lowest BCUT2D eigenvalue weighted by molar-refractivity contribution is 0.140. The molecule has 1 aromatic heterocycles. The number of benzene rings is 1. The minimum atomic E-state index is 0. The van der Waals surface area contributed by atoms with Crippen molar-refractivity contribution in [3.8, 4) is 5.75 Å². The Hall–Kier alpha value is -1.85. The van der Waals surface area contributed by atoms with Crippen molar-refractivity contribution in [2.24, 2.45) is 0 Å². The predicted octanol–water partition coefficient (Wildman–Crippen LogP) is 2.37. The highest BCUT2D eigenvalue weighted by Crippen LogP contribution is 2.30. The first-order chi connectivity index (χ1) is 11.3. The first-order valence-electron chi connectivity index (χ1n) is 8.37. The van der Waals surface area contributed by atoms with Crippen molar-refractivity contribution in [2.75, 3.05) is 24.5 Å². The SMILES string of the molecule is CCc1cnc(N2CCc3c(cccc3OC3CNC3)C2)nc1.Cl. The second kappa shape index (κ2) is 7.36. The van der Waals surface area contributed by atoms with Gasteiger partial charge < -0.3 is 15.0 Å². The lowest BCUT2D eigenvalue weighted by Crippen LogP contribution is -2.50. The average Bonchev–Trinajstić information content (AvgIpc) is 2.58. The molecule has 0 bridgehead atoms. The van der Waals surface area contributed by atoms with Crippen molar-refractivity contribution >= 4 is 18.4 Å². The zero-order valence-electron chi connectivity index (χ0n) is 13.9. The maximum absolute atomic E-state index is 6.11. The van der Waals surface area contributed by atoms with E-state index in [4.69, 9.17) is 4.74 Å². The number of nitrogens with one attached hydrogen (secondary N) is 1. The van der Waals surface area contributed by atoms with Crippen LogP contribution in [0.3, 0.4) is 0 Å². The molecule has 1 aromatic carbocycles. The van der Waals surface area contributed by atoms with Gasteiger partial charge in [-0.3, -0.25) is 0 Å². The molecule has 0 amide bonds. The van der Waals surface area contributed by atoms with Crippen LogP contribution in [0.1, 0.15) is 23.6 Å². The first kappa shape index (κ1) is 17.0. The van der Waals surface area contributed by atoms with Gasteiger partial charge >= 0.3 is 0 Å². The van der Waals surface area contributed by atoms with E-state index in [1.54, 1.807) is 0 Å². The van der Waals surface area contributed by atoms with Gasteiger partial charge in [0.2, 0.25) is 5.95 Å². The van der Waals surface area contributed by atoms with Crippen LogP contribution in [-0.4, -0.2) is 35.7 Å². The zero-order valence-corrected chi connectivity index (χ0v) is 14.7. The van der Waals surface area contributed by atoms with Crippen LogP contribution < -0.4 is 15.0 Å². The van der Waals surface area contributed by atoms with Crippen molar-refractivity contribution in [3.63, 3.8) is 0 Å². The summed E-state index contributed by atoms with van der Waals surface area (Å²) in [6.07, 6.45) is 6.14. The van der Waals surface area contributed by atoms with Gasteiger partial charge in [0.15, 0.2) is 0 Å². The normalized spacial score (nSPS) is 16.8. The number of hydrogen-bond donors (Lipinski definition) is 1. The Morgan fingerprint density at radius 1 is 1.25 bits per heavy atom. The summed E-state index contributed by atoms with van der Waals surface area (Å²) in [5.74, 6) is 1.87. The molecule has 0 radical (unpaired) electrons. The Bertz CT molecular complexity index is 688. The van der Waals surface area contributed by atoms with Crippen molar-refractivity contribution in [1.29, 1.82) is 0 Å². The number of aryl methyl sites for hydroxylation is 1. The monoisotopic (exact) mass is 346 g/mol. The van der Waals surface area contributed by atoms with E-state index in [0.717, 1.165) is 50.7 Å². The fraction of sp³-hybridized carbons (Fsp3) is 0.444. The highest BCUT2D eigenvalue weighted by molar-refractivity contribution is 5.85. The molecule has 2 aromatic rings. The molecule has 4 rings (SSSR count). The second-order valence-corrected chi connectivity index (χ2v) is 6.21. The average molecular weight is 347 g/mol. The molecular formula is C18H23ClN4O. The smallest absolute Gasteiger partial charge is 0.225 e. The van der Waals surface area contributed by atoms with Gasteiger partial charge in [-0.25, -0.2) is 9.97 Å². The Morgan fingerprint density at radius 3 is 2.71 bits per heavy atom. The molecule has 3 heterocycles. The third-order valence-corrected chi connectivity index (χ3v) is 4.64. The summed E-state index contributed by atoms with van der Waals surface area (Å²) in [4.78, 5) is 11.3. The van der Waals surface area contributed by atoms with E-state index in [1.807, 2.05) is 12.4 Å². The molecule has 24 heavy (non-hydrogen) atoms. The molecule has 0 saturated carbocycles. The van der Waals surface area contributed by atoms with E-state index in [2.05, 4.69) is 45.3 Å². The summed E-state index contributed by atoms with van der Waals surface area (Å²) in [5, 5.41) is 3.25. The number of halogens is 1. The van der Waals surface area contributed by atoms with E-state index in [0.29, 0.717) is 6.10 Å². The third kappa shape index (κ3) is 3.32. The molecule has 1 fully saturated rings. The first-order valence-corrected chi connectivity index (χ1v) is 8.37. The summed E-state index contributed by atoms with van der Waals surface area (Å²) in [6.45, 7) is 5.80. The predicted molar refractivity (Wildman–Crippen MR) is 97.1 cm³/mol. The van der Waals surface area contributed by atoms with E-state index in [9.17, 15) is 0 Å². The van der Waals surface area contributed by atoms with Gasteiger partial charge in [0.05, 0.1) is 0 Å². The van der Waals surface area contributed by atoms with Crippen molar-refractivity contribution in [1.82, 2.24) is 15.3 Å². The van der Waals surface area contributed by atoms with Crippen molar-refractivity contribution in [3.05, 3.63) is 47.3 Å². The number of ether oxygens (including phenoxy) is 1. The van der Waals surface area contributed by atoms with E-state index in [1.165, 1.54) is 16.7 Å². The van der Waals surface area contributed by atoms with Crippen LogP contribution in [0, 0.1) is 0 Å². The molecule has 2 aliphatic heterocycles. The highest BCUT2D eigenvalue weighted by atomic mass is 35.5. The van der Waals surface area contributed by atoms with Gasteiger partial charge in [-0.15, -0.1) is 12.4 Å². The Morgan fingerprint density at radius 2 is 2.04 bits per heavy atom. The van der Waals surface area contributed by atoms with Crippen LogP contribution in [-0.2, 0) is 19.4 Å². The van der Waals surface area contributed by atoms with Crippen LogP contribution in [0.15, 0.2) is 30.6 Å². The number of rotatable bonds is 4. The van der Waals surface area contributed by atoms with Gasteiger partial charge in [0.1, 0.15) is 11.9 Å². The largest absolute Gasteiger partial charge is 0.487 e. The maximum Gasteiger partial charge on any atom is 0.225 e. The van der Waals surface area contributed by atoms with Gasteiger partial charge in [-0.05, 0) is 30.0 Å². The van der Waals surface area contributed by atoms with Gasteiger partial charge in [-0.2, -0.15) is 0 Å². The Labute approximate surface area is 148 Å². The fourth-order valence-corrected chi connectivity index (χ4v) is 3.07. The van der Waals surface area contributed by atoms with Crippen LogP contribution >= 0.6 is 12.4 Å². The lowest BCUT2D eigenvalue weighted by Gasteiger charge is -2.33. The van der Waals surface area contributed by atoms with Gasteiger partial charge in [0, 0.05) is 44.1 Å². The van der Waals surface area contributed by atoms with E-state index < -0.39 is 0 Å². The summed E-state index contributed by atoms with van der Waals surface area (Å²) in [7, 11) is 0. The minimum absolute atomic E-state index is 0. The summed E-state index contributed by atoms with van der Waals surface area (Å²) in [6, 6.07) is 6.37. The van der Waals surface area contributed by atoms with Crippen LogP contribution in [0.2, 0.25) is 0 Å². The molecule has 2 aliphatic rings. The fourth-order valence-electron chi connectivity index (χ4n) is 3.07. The summed E-state index contributed by atoms with van der Waals surface area (Å²) < 4.78 is 6.11. The maximum atomic E-state index is 6.11. The van der Waals surface area contributed by atoms with Crippen LogP contribution in [0.25, 0.3) is 0 Å². The zero-order chi connectivity index (χ0) is 15.6. The number of aromatic nitrogens is 2. The molecule has 128 valence electrons. The molecule has 0 unspecified atom stereocenters. The molecule has 6 heteroatoms. The number of fused-ring (bicyclic) bond motifs is 1. The lowest BCUT2D eigenvalue weighted by atomic mass is 9.98. The van der Waals surface area contributed by atoms with Crippen LogP contribution in [0.4, 0.5) is 5.95 Å². The Kier molecular flexibility index (Phi) is 5.21. The van der Waals surface area contributed by atoms with E-state index >= 15 is 0 Å². The molecular weight excluding hydrogens is 324 g/mol. The highest BCUT2D eigenvalue weighted by Gasteiger charge is 2.24. The van der Waals surface area contributed by atoms with Crippen molar-refractivity contribution in [2.45, 2.75) is 32.4 Å². The van der Waals surface area contributed by atoms with Gasteiger partial charge in [-0.1, -0.05) is 19.1 Å². The summed E-state index contributed by atoms with van der Waals surface area (Å²) in [5.41, 5.74) is 3.85. The third-order valence-electron chi connectivity index (χ3n) is 4.64. The Balaban J connectivity index is 0.00000169. The number of hydrogen-bond acceptors (Lipinski definition) is 5. The molecule has 0 spiro atoms. The standard InChI is InChI=1S/C18H22N4O.ClH/c1-2-13-8-20-18(21-9-13)22-7-6-16-14(12-22)4-3-5-17(16)23-15-10-19-11-15;/h3-5,8-9,15,19H,2,6-7,10-12H2,1H3;1H. The molecule has 1 saturated heterocycles. The summed E-state index contributed by atoms with van der Waals surface area (Å²) >= 11 is 0. The quantitative estimate of drug-likeness (QED) is 0.921. The molecule has 0 aliphatic carbocycles. The number of nitrogens with zero attached hydrogens (tertiary/aromatic N) is 3. The number of anilines is 1. The minimum Gasteiger partial charge on any atom is -0.487 e. The van der Waals surface area contributed by atoms with Crippen LogP contribution in [0.5, 0.6) is 5.75 Å². The topological polar surface area (TPSA) is 50.3 Å². The second-order valence-electron chi connectivity index (χ2n) is 6.21. The molecule has 0 atom stereocenters. The van der Waals surface area contributed by atoms with Gasteiger partial charge in [0.25, 0.3) is 0 Å².